The van der Waals surface area contributed by atoms with Crippen molar-refractivity contribution in [2.24, 2.45) is 7.05 Å². The maximum atomic E-state index is 13.9. The van der Waals surface area contributed by atoms with Crippen LogP contribution in [0.2, 0.25) is 0 Å². The third-order valence-corrected chi connectivity index (χ3v) is 5.43. The quantitative estimate of drug-likeness (QED) is 0.482. The van der Waals surface area contributed by atoms with Gasteiger partial charge in [0.1, 0.15) is 11.6 Å². The van der Waals surface area contributed by atoms with Gasteiger partial charge in [0.05, 0.1) is 11.0 Å². The van der Waals surface area contributed by atoms with Crippen LogP contribution in [0.1, 0.15) is 24.0 Å². The van der Waals surface area contributed by atoms with E-state index in [1.807, 2.05) is 48.5 Å². The fourth-order valence-corrected chi connectivity index (χ4v) is 3.73. The first-order valence-electron chi connectivity index (χ1n) is 10.0. The average molecular weight is 402 g/mol. The lowest BCUT2D eigenvalue weighted by molar-refractivity contribution is -0.118. The zero-order valence-electron chi connectivity index (χ0n) is 16.8. The number of H-pyrrole nitrogens is 1. The number of carbonyl (C=O) groups excluding carboxylic acids is 1. The number of ketones is 1. The number of halogens is 1. The van der Waals surface area contributed by atoms with Crippen LogP contribution >= 0.6 is 0 Å². The number of hydrogen-bond donors (Lipinski definition) is 1. The summed E-state index contributed by atoms with van der Waals surface area (Å²) in [6.07, 6.45) is 2.43. The van der Waals surface area contributed by atoms with Crippen molar-refractivity contribution in [3.63, 3.8) is 0 Å². The van der Waals surface area contributed by atoms with Crippen molar-refractivity contribution in [1.29, 1.82) is 0 Å². The largest absolute Gasteiger partial charge is 0.326 e. The first-order chi connectivity index (χ1) is 14.5. The molecule has 0 bridgehead atoms. The van der Waals surface area contributed by atoms with E-state index >= 15 is 0 Å². The Hall–Kier alpha value is -3.47. The van der Waals surface area contributed by atoms with Gasteiger partial charge in [0, 0.05) is 25.5 Å². The fourth-order valence-electron chi connectivity index (χ4n) is 3.73. The second-order valence-electron chi connectivity index (χ2n) is 7.59. The Balaban J connectivity index is 1.32. The van der Waals surface area contributed by atoms with Crippen molar-refractivity contribution in [1.82, 2.24) is 9.55 Å². The first-order valence-corrected chi connectivity index (χ1v) is 10.0. The van der Waals surface area contributed by atoms with Gasteiger partial charge in [0.25, 0.3) is 0 Å². The monoisotopic (exact) mass is 402 g/mol. The van der Waals surface area contributed by atoms with E-state index in [2.05, 4.69) is 4.98 Å². The molecule has 0 radical (unpaired) electrons. The molecule has 0 unspecified atom stereocenters. The number of carbonyl (C=O) groups is 1. The number of rotatable bonds is 7. The van der Waals surface area contributed by atoms with Gasteiger partial charge in [-0.05, 0) is 47.7 Å². The van der Waals surface area contributed by atoms with E-state index in [0.717, 1.165) is 40.6 Å². The lowest BCUT2D eigenvalue weighted by atomic mass is 9.99. The third kappa shape index (κ3) is 4.25. The molecule has 30 heavy (non-hydrogen) atoms. The average Bonchev–Trinajstić information content (AvgIpc) is 3.03. The van der Waals surface area contributed by atoms with Crippen LogP contribution in [0.4, 0.5) is 4.39 Å². The minimum atomic E-state index is -0.228. The van der Waals surface area contributed by atoms with Crippen LogP contribution in [0.15, 0.2) is 71.5 Å². The van der Waals surface area contributed by atoms with Gasteiger partial charge in [0.15, 0.2) is 0 Å². The smallest absolute Gasteiger partial charge is 0.306 e. The number of aryl methyl sites for hydroxylation is 2. The Labute approximate surface area is 174 Å². The summed E-state index contributed by atoms with van der Waals surface area (Å²) in [6, 6.07) is 20.2. The highest BCUT2D eigenvalue weighted by atomic mass is 19.1. The summed E-state index contributed by atoms with van der Waals surface area (Å²) in [7, 11) is 1.71. The lowest BCUT2D eigenvalue weighted by Crippen LogP contribution is -2.11. The Kier molecular flexibility index (Phi) is 5.61. The number of hydrogen-bond acceptors (Lipinski definition) is 2. The van der Waals surface area contributed by atoms with Crippen LogP contribution in [0.5, 0.6) is 0 Å². The molecule has 0 spiro atoms. The number of imidazole rings is 1. The molecule has 0 atom stereocenters. The number of nitrogens with one attached hydrogen (secondary N) is 1. The first kappa shape index (κ1) is 19.8. The van der Waals surface area contributed by atoms with E-state index in [4.69, 9.17) is 0 Å². The molecule has 1 aromatic heterocycles. The van der Waals surface area contributed by atoms with Gasteiger partial charge in [-0.25, -0.2) is 9.18 Å². The molecule has 0 amide bonds. The molecule has 152 valence electrons. The van der Waals surface area contributed by atoms with Crippen molar-refractivity contribution in [3.05, 3.63) is 94.2 Å². The minimum Gasteiger partial charge on any atom is -0.306 e. The Morgan fingerprint density at radius 3 is 2.50 bits per heavy atom. The molecule has 0 aliphatic rings. The Morgan fingerprint density at radius 2 is 1.73 bits per heavy atom. The molecule has 5 heteroatoms. The molecule has 0 aliphatic carbocycles. The molecule has 0 aliphatic heterocycles. The molecule has 4 nitrogen and oxygen atoms in total. The van der Waals surface area contributed by atoms with Gasteiger partial charge in [0.2, 0.25) is 0 Å². The molecule has 0 fully saturated rings. The molecular formula is C25H23FN2O2. The number of fused-ring (bicyclic) bond motifs is 1. The maximum absolute atomic E-state index is 13.9. The van der Waals surface area contributed by atoms with Crippen molar-refractivity contribution in [3.8, 4) is 11.1 Å². The van der Waals surface area contributed by atoms with Gasteiger partial charge in [-0.15, -0.1) is 0 Å². The molecule has 4 aromatic rings. The van der Waals surface area contributed by atoms with Crippen LogP contribution in [0, 0.1) is 5.82 Å². The van der Waals surface area contributed by atoms with Crippen LogP contribution in [-0.4, -0.2) is 15.3 Å². The summed E-state index contributed by atoms with van der Waals surface area (Å²) in [5, 5.41) is 0. The number of benzene rings is 3. The van der Waals surface area contributed by atoms with Crippen LogP contribution in [0.25, 0.3) is 22.2 Å². The highest BCUT2D eigenvalue weighted by molar-refractivity contribution is 5.83. The third-order valence-electron chi connectivity index (χ3n) is 5.43. The van der Waals surface area contributed by atoms with Gasteiger partial charge >= 0.3 is 5.69 Å². The number of Topliss-reactive ketones (excluding diaryl/α,β-unsaturated/α-hetero) is 1. The zero-order chi connectivity index (χ0) is 21.1. The van der Waals surface area contributed by atoms with E-state index in [-0.39, 0.29) is 17.3 Å². The number of aromatic nitrogens is 2. The lowest BCUT2D eigenvalue weighted by Gasteiger charge is -2.06. The van der Waals surface area contributed by atoms with Crippen LogP contribution in [-0.2, 0) is 24.7 Å². The van der Waals surface area contributed by atoms with Crippen molar-refractivity contribution in [2.75, 3.05) is 0 Å². The van der Waals surface area contributed by atoms with Gasteiger partial charge in [-0.1, -0.05) is 48.5 Å². The molecular weight excluding hydrogens is 379 g/mol. The highest BCUT2D eigenvalue weighted by Gasteiger charge is 2.09. The second-order valence-corrected chi connectivity index (χ2v) is 7.59. The number of nitrogens with zero attached hydrogens (tertiary/aromatic N) is 1. The van der Waals surface area contributed by atoms with E-state index in [1.165, 1.54) is 6.07 Å². The minimum absolute atomic E-state index is 0.158. The van der Waals surface area contributed by atoms with E-state index in [1.54, 1.807) is 23.7 Å². The second kappa shape index (κ2) is 8.49. The standard InChI is InChI=1S/C25H23FN2O2/c1-28-24-16-18(11-14-23(24)27-25(28)30)15-20(29)6-4-5-17-9-12-19(13-10-17)21-7-2-3-8-22(21)26/h2-3,7-14,16H,4-6,15H2,1H3,(H,27,30). The topological polar surface area (TPSA) is 54.9 Å². The summed E-state index contributed by atoms with van der Waals surface area (Å²) in [4.78, 5) is 26.9. The molecule has 0 saturated carbocycles. The van der Waals surface area contributed by atoms with Crippen molar-refractivity contribution < 1.29 is 9.18 Å². The molecule has 1 heterocycles. The fraction of sp³-hybridized carbons (Fsp3) is 0.200. The normalized spacial score (nSPS) is 11.1. The molecule has 1 N–H and O–H groups in total. The predicted molar refractivity (Wildman–Crippen MR) is 117 cm³/mol. The highest BCUT2D eigenvalue weighted by Crippen LogP contribution is 2.23. The Bertz CT molecular complexity index is 1250. The molecule has 4 rings (SSSR count). The van der Waals surface area contributed by atoms with Gasteiger partial charge in [-0.3, -0.25) is 9.36 Å². The Morgan fingerprint density at radius 1 is 1.00 bits per heavy atom. The van der Waals surface area contributed by atoms with Gasteiger partial charge in [-0.2, -0.15) is 0 Å². The van der Waals surface area contributed by atoms with Gasteiger partial charge < -0.3 is 4.98 Å². The maximum Gasteiger partial charge on any atom is 0.326 e. The SMILES string of the molecule is Cn1c(=O)[nH]c2ccc(CC(=O)CCCc3ccc(-c4ccccc4F)cc3)cc21. The van der Waals surface area contributed by atoms with E-state index in [9.17, 15) is 14.0 Å². The van der Waals surface area contributed by atoms with Crippen LogP contribution in [0.3, 0.4) is 0 Å². The summed E-state index contributed by atoms with van der Waals surface area (Å²) in [5.41, 5.74) is 4.91. The molecule has 3 aromatic carbocycles. The summed E-state index contributed by atoms with van der Waals surface area (Å²) < 4.78 is 15.4. The van der Waals surface area contributed by atoms with E-state index in [0.29, 0.717) is 18.4 Å². The molecule has 0 saturated heterocycles. The summed E-state index contributed by atoms with van der Waals surface area (Å²) in [5.74, 6) is -0.0494. The predicted octanol–water partition coefficient (Wildman–Crippen LogP) is 4.81. The van der Waals surface area contributed by atoms with Crippen molar-refractivity contribution >= 4 is 16.8 Å². The summed E-state index contributed by atoms with van der Waals surface area (Å²) in [6.45, 7) is 0. The van der Waals surface area contributed by atoms with Crippen molar-refractivity contribution in [2.45, 2.75) is 25.7 Å². The summed E-state index contributed by atoms with van der Waals surface area (Å²) >= 11 is 0. The van der Waals surface area contributed by atoms with E-state index < -0.39 is 0 Å². The van der Waals surface area contributed by atoms with Crippen LogP contribution < -0.4 is 5.69 Å². The zero-order valence-corrected chi connectivity index (χ0v) is 16.8. The number of aromatic amines is 1.